The lowest BCUT2D eigenvalue weighted by molar-refractivity contribution is -0.121. The first-order valence-electron chi connectivity index (χ1n) is 12.2. The fourth-order valence-corrected chi connectivity index (χ4v) is 6.50. The Kier molecular flexibility index (Phi) is 8.70. The summed E-state index contributed by atoms with van der Waals surface area (Å²) < 4.78 is 46.1. The molecule has 1 atom stereocenters. The van der Waals surface area contributed by atoms with E-state index in [2.05, 4.69) is 20.2 Å². The zero-order valence-electron chi connectivity index (χ0n) is 20.2. The molecule has 0 radical (unpaired) electrons. The molecule has 2 aliphatic rings. The minimum atomic E-state index is -2.94. The van der Waals surface area contributed by atoms with Crippen LogP contribution in [-0.4, -0.2) is 59.0 Å². The van der Waals surface area contributed by atoms with Gasteiger partial charge >= 0.3 is 0 Å². The number of hydrogen-bond acceptors (Lipinski definition) is 7. The van der Waals surface area contributed by atoms with Crippen LogP contribution in [0.25, 0.3) is 0 Å². The monoisotopic (exact) mass is 530 g/mol. The molecule has 2 aromatic heterocycles. The standard InChI is InChI=1S/C24H33F3N4O2S2/c1-15-28-12-18(34-15)11-21(32)29-17-5-3-16(4-6-17)7-9-31-10-8-20-22(19(25)13-31)30-23(35-20)33-14-24(2,26)27/h12,16-17,19H,3-11,13-14H2,1-2H3,(H,29,32)/t16-,17-,19?. The molecule has 0 spiro atoms. The fourth-order valence-electron chi connectivity index (χ4n) is 4.77. The number of fused-ring (bicyclic) bond motifs is 1. The summed E-state index contributed by atoms with van der Waals surface area (Å²) in [4.78, 5) is 24.6. The van der Waals surface area contributed by atoms with Crippen molar-refractivity contribution in [2.24, 2.45) is 5.92 Å². The zero-order chi connectivity index (χ0) is 25.0. The van der Waals surface area contributed by atoms with E-state index in [4.69, 9.17) is 4.74 Å². The van der Waals surface area contributed by atoms with Crippen molar-refractivity contribution >= 4 is 28.6 Å². The molecule has 4 rings (SSSR count). The van der Waals surface area contributed by atoms with Crippen molar-refractivity contribution in [1.29, 1.82) is 0 Å². The SMILES string of the molecule is Cc1ncc(CC(=O)N[C@H]2CC[C@H](CCN3CCc4sc(OCC(C)(F)F)nc4C(F)C3)CC2)s1. The summed E-state index contributed by atoms with van der Waals surface area (Å²) in [5.41, 5.74) is 0.344. The van der Waals surface area contributed by atoms with Gasteiger partial charge in [0, 0.05) is 42.0 Å². The van der Waals surface area contributed by atoms with Crippen molar-refractivity contribution in [3.05, 3.63) is 26.7 Å². The number of thiazole rings is 2. The Labute approximate surface area is 212 Å². The molecule has 35 heavy (non-hydrogen) atoms. The van der Waals surface area contributed by atoms with Crippen LogP contribution in [0.1, 0.15) is 65.7 Å². The van der Waals surface area contributed by atoms with Crippen molar-refractivity contribution in [1.82, 2.24) is 20.2 Å². The largest absolute Gasteiger partial charge is 0.464 e. The van der Waals surface area contributed by atoms with Gasteiger partial charge in [0.2, 0.25) is 5.91 Å². The van der Waals surface area contributed by atoms with Crippen LogP contribution in [0, 0.1) is 12.8 Å². The van der Waals surface area contributed by atoms with Crippen molar-refractivity contribution in [3.8, 4) is 5.19 Å². The van der Waals surface area contributed by atoms with Gasteiger partial charge in [0.25, 0.3) is 11.1 Å². The van der Waals surface area contributed by atoms with Gasteiger partial charge in [-0.1, -0.05) is 11.3 Å². The van der Waals surface area contributed by atoms with Crippen molar-refractivity contribution in [3.63, 3.8) is 0 Å². The van der Waals surface area contributed by atoms with Gasteiger partial charge in [-0.15, -0.1) is 11.3 Å². The molecule has 1 unspecified atom stereocenters. The molecule has 1 amide bonds. The number of hydrogen-bond donors (Lipinski definition) is 1. The molecule has 1 aliphatic carbocycles. The zero-order valence-corrected chi connectivity index (χ0v) is 21.8. The van der Waals surface area contributed by atoms with E-state index in [-0.39, 0.29) is 23.7 Å². The van der Waals surface area contributed by atoms with Crippen LogP contribution in [0.2, 0.25) is 0 Å². The summed E-state index contributed by atoms with van der Waals surface area (Å²) in [6.07, 6.45) is 6.67. The number of aromatic nitrogens is 2. The number of halogens is 3. The Morgan fingerprint density at radius 3 is 2.74 bits per heavy atom. The molecule has 0 saturated heterocycles. The molecular formula is C24H33F3N4O2S2. The van der Waals surface area contributed by atoms with Crippen molar-refractivity contribution in [2.45, 2.75) is 76.9 Å². The number of carbonyl (C=O) groups excluding carboxylic acids is 1. The molecule has 11 heteroatoms. The minimum absolute atomic E-state index is 0.0636. The molecule has 2 aromatic rings. The lowest BCUT2D eigenvalue weighted by Crippen LogP contribution is -2.39. The van der Waals surface area contributed by atoms with Gasteiger partial charge in [-0.05, 0) is 57.9 Å². The average Bonchev–Trinajstić information content (AvgIpc) is 3.36. The lowest BCUT2D eigenvalue weighted by atomic mass is 9.84. The highest BCUT2D eigenvalue weighted by atomic mass is 32.1. The van der Waals surface area contributed by atoms with Crippen LogP contribution in [0.3, 0.4) is 0 Å². The third kappa shape index (κ3) is 7.88. The van der Waals surface area contributed by atoms with Crippen LogP contribution in [0.15, 0.2) is 6.20 Å². The van der Waals surface area contributed by atoms with Gasteiger partial charge in [0.1, 0.15) is 0 Å². The van der Waals surface area contributed by atoms with Gasteiger partial charge in [-0.2, -0.15) is 0 Å². The first kappa shape index (κ1) is 26.3. The number of ether oxygens (including phenoxy) is 1. The van der Waals surface area contributed by atoms with Gasteiger partial charge in [-0.3, -0.25) is 9.69 Å². The van der Waals surface area contributed by atoms with E-state index >= 15 is 0 Å². The van der Waals surface area contributed by atoms with E-state index in [1.54, 1.807) is 17.5 Å². The second-order valence-electron chi connectivity index (χ2n) is 9.76. The van der Waals surface area contributed by atoms with Crippen LogP contribution in [0.4, 0.5) is 13.2 Å². The number of nitrogens with one attached hydrogen (secondary N) is 1. The number of alkyl halides is 3. The quantitative estimate of drug-likeness (QED) is 0.488. The Balaban J connectivity index is 1.16. The molecule has 1 fully saturated rings. The minimum Gasteiger partial charge on any atom is -0.464 e. The van der Waals surface area contributed by atoms with Gasteiger partial charge in [0.05, 0.1) is 17.1 Å². The third-order valence-electron chi connectivity index (χ3n) is 6.60. The molecule has 0 bridgehead atoms. The topological polar surface area (TPSA) is 67.4 Å². The van der Waals surface area contributed by atoms with E-state index in [0.717, 1.165) is 66.9 Å². The van der Waals surface area contributed by atoms with Crippen LogP contribution in [-0.2, 0) is 17.6 Å². The molecule has 194 valence electrons. The first-order valence-corrected chi connectivity index (χ1v) is 13.9. The summed E-state index contributed by atoms with van der Waals surface area (Å²) >= 11 is 2.74. The highest BCUT2D eigenvalue weighted by molar-refractivity contribution is 7.13. The highest BCUT2D eigenvalue weighted by Crippen LogP contribution is 2.35. The molecule has 1 saturated carbocycles. The molecule has 1 N–H and O–H groups in total. The highest BCUT2D eigenvalue weighted by Gasteiger charge is 2.30. The van der Waals surface area contributed by atoms with E-state index in [9.17, 15) is 18.0 Å². The van der Waals surface area contributed by atoms with Crippen LogP contribution < -0.4 is 10.1 Å². The summed E-state index contributed by atoms with van der Waals surface area (Å²) in [5.74, 6) is -2.30. The van der Waals surface area contributed by atoms with Gasteiger partial charge in [0.15, 0.2) is 12.8 Å². The van der Waals surface area contributed by atoms with E-state index in [1.807, 2.05) is 6.92 Å². The third-order valence-corrected chi connectivity index (χ3v) is 8.55. The second-order valence-corrected chi connectivity index (χ2v) is 12.1. The summed E-state index contributed by atoms with van der Waals surface area (Å²) in [6.45, 7) is 3.79. The van der Waals surface area contributed by atoms with E-state index in [0.29, 0.717) is 24.5 Å². The average molecular weight is 531 g/mol. The van der Waals surface area contributed by atoms with Crippen molar-refractivity contribution in [2.75, 3.05) is 26.2 Å². The molecular weight excluding hydrogens is 497 g/mol. The van der Waals surface area contributed by atoms with Gasteiger partial charge in [-0.25, -0.2) is 23.1 Å². The van der Waals surface area contributed by atoms with Crippen LogP contribution >= 0.6 is 22.7 Å². The Hall–Kier alpha value is -1.72. The number of carbonyl (C=O) groups is 1. The molecule has 6 nitrogen and oxygen atoms in total. The molecule has 3 heterocycles. The Bertz CT molecular complexity index is 986. The van der Waals surface area contributed by atoms with E-state index in [1.165, 1.54) is 11.3 Å². The number of amides is 1. The fraction of sp³-hybridized carbons (Fsp3) is 0.708. The van der Waals surface area contributed by atoms with E-state index < -0.39 is 18.7 Å². The number of nitrogens with zero attached hydrogens (tertiary/aromatic N) is 3. The predicted octanol–water partition coefficient (Wildman–Crippen LogP) is 5.12. The maximum Gasteiger partial charge on any atom is 0.278 e. The molecule has 0 aromatic carbocycles. The predicted molar refractivity (Wildman–Crippen MR) is 131 cm³/mol. The Morgan fingerprint density at radius 1 is 1.29 bits per heavy atom. The summed E-state index contributed by atoms with van der Waals surface area (Å²) in [6, 6.07) is 0.229. The van der Waals surface area contributed by atoms with Gasteiger partial charge < -0.3 is 10.1 Å². The summed E-state index contributed by atoms with van der Waals surface area (Å²) in [7, 11) is 0. The summed E-state index contributed by atoms with van der Waals surface area (Å²) in [5, 5.41) is 4.27. The maximum absolute atomic E-state index is 14.9. The number of rotatable bonds is 9. The molecule has 1 aliphatic heterocycles. The smallest absolute Gasteiger partial charge is 0.278 e. The second kappa shape index (κ2) is 11.6. The van der Waals surface area contributed by atoms with Crippen LogP contribution in [0.5, 0.6) is 5.19 Å². The first-order chi connectivity index (χ1) is 16.6. The Morgan fingerprint density at radius 2 is 2.06 bits per heavy atom. The maximum atomic E-state index is 14.9. The number of aryl methyl sites for hydroxylation is 1. The normalized spacial score (nSPS) is 23.5. The lowest BCUT2D eigenvalue weighted by Gasteiger charge is -2.31. The van der Waals surface area contributed by atoms with Crippen molar-refractivity contribution < 1.29 is 22.7 Å².